The zero-order chi connectivity index (χ0) is 12.5. The SMILES string of the molecule is Nc1cnc2nc(Cc3ccc(Br)cc3)[nH]c2c1. The van der Waals surface area contributed by atoms with E-state index in [-0.39, 0.29) is 0 Å². The fraction of sp³-hybridized carbons (Fsp3) is 0.0769. The largest absolute Gasteiger partial charge is 0.397 e. The average molecular weight is 303 g/mol. The number of aromatic nitrogens is 3. The Bertz CT molecular complexity index is 688. The van der Waals surface area contributed by atoms with E-state index >= 15 is 0 Å². The Kier molecular flexibility index (Phi) is 2.76. The summed E-state index contributed by atoms with van der Waals surface area (Å²) in [5.41, 5.74) is 9.11. The number of nitrogens with two attached hydrogens (primary N) is 1. The number of hydrogen-bond acceptors (Lipinski definition) is 3. The molecule has 0 atom stereocenters. The Morgan fingerprint density at radius 1 is 1.22 bits per heavy atom. The maximum absolute atomic E-state index is 5.69. The second kappa shape index (κ2) is 4.42. The first kappa shape index (κ1) is 11.2. The Balaban J connectivity index is 1.92. The minimum Gasteiger partial charge on any atom is -0.397 e. The summed E-state index contributed by atoms with van der Waals surface area (Å²) in [5, 5.41) is 0. The highest BCUT2D eigenvalue weighted by Crippen LogP contribution is 2.16. The lowest BCUT2D eigenvalue weighted by Crippen LogP contribution is -1.89. The normalized spacial score (nSPS) is 10.9. The number of benzene rings is 1. The monoisotopic (exact) mass is 302 g/mol. The van der Waals surface area contributed by atoms with Gasteiger partial charge in [-0.3, -0.25) is 0 Å². The molecule has 2 aromatic heterocycles. The Morgan fingerprint density at radius 3 is 2.78 bits per heavy atom. The third-order valence-corrected chi connectivity index (χ3v) is 3.22. The summed E-state index contributed by atoms with van der Waals surface area (Å²) in [5.74, 6) is 0.894. The summed E-state index contributed by atoms with van der Waals surface area (Å²) < 4.78 is 1.07. The molecule has 0 aliphatic carbocycles. The van der Waals surface area contributed by atoms with Gasteiger partial charge in [-0.05, 0) is 23.8 Å². The molecule has 0 saturated heterocycles. The highest BCUT2D eigenvalue weighted by atomic mass is 79.9. The van der Waals surface area contributed by atoms with E-state index in [1.54, 1.807) is 6.20 Å². The average Bonchev–Trinajstić information content (AvgIpc) is 2.73. The quantitative estimate of drug-likeness (QED) is 0.765. The van der Waals surface area contributed by atoms with Crippen LogP contribution in [0.4, 0.5) is 5.69 Å². The van der Waals surface area contributed by atoms with Crippen LogP contribution in [0.15, 0.2) is 41.0 Å². The number of rotatable bonds is 2. The van der Waals surface area contributed by atoms with Gasteiger partial charge in [0.2, 0.25) is 0 Å². The van der Waals surface area contributed by atoms with Crippen LogP contribution in [0.5, 0.6) is 0 Å². The molecule has 0 radical (unpaired) electrons. The molecule has 0 bridgehead atoms. The topological polar surface area (TPSA) is 67.6 Å². The molecule has 90 valence electrons. The molecular weight excluding hydrogens is 292 g/mol. The van der Waals surface area contributed by atoms with Gasteiger partial charge in [0.15, 0.2) is 5.65 Å². The van der Waals surface area contributed by atoms with Crippen LogP contribution in [0.3, 0.4) is 0 Å². The van der Waals surface area contributed by atoms with Crippen LogP contribution in [0.2, 0.25) is 0 Å². The summed E-state index contributed by atoms with van der Waals surface area (Å²) in [7, 11) is 0. The van der Waals surface area contributed by atoms with Crippen molar-refractivity contribution in [3.63, 3.8) is 0 Å². The van der Waals surface area contributed by atoms with Gasteiger partial charge in [-0.25, -0.2) is 9.97 Å². The molecular formula is C13H11BrN4. The summed E-state index contributed by atoms with van der Waals surface area (Å²) >= 11 is 3.42. The van der Waals surface area contributed by atoms with Crippen LogP contribution >= 0.6 is 15.9 Å². The van der Waals surface area contributed by atoms with Gasteiger partial charge in [0, 0.05) is 10.9 Å². The van der Waals surface area contributed by atoms with Gasteiger partial charge in [0.25, 0.3) is 0 Å². The second-order valence-electron chi connectivity index (χ2n) is 4.13. The Labute approximate surface area is 112 Å². The van der Waals surface area contributed by atoms with Crippen LogP contribution in [0.25, 0.3) is 11.2 Å². The molecule has 2 heterocycles. The second-order valence-corrected chi connectivity index (χ2v) is 5.04. The van der Waals surface area contributed by atoms with Crippen LogP contribution in [0.1, 0.15) is 11.4 Å². The van der Waals surface area contributed by atoms with Crippen molar-refractivity contribution < 1.29 is 0 Å². The van der Waals surface area contributed by atoms with Crippen molar-refractivity contribution in [2.45, 2.75) is 6.42 Å². The van der Waals surface area contributed by atoms with E-state index in [0.29, 0.717) is 11.3 Å². The van der Waals surface area contributed by atoms with Crippen molar-refractivity contribution in [1.29, 1.82) is 0 Å². The van der Waals surface area contributed by atoms with E-state index in [9.17, 15) is 0 Å². The third-order valence-electron chi connectivity index (χ3n) is 2.69. The molecule has 0 spiro atoms. The molecule has 1 aromatic carbocycles. The molecule has 3 aromatic rings. The van der Waals surface area contributed by atoms with Crippen molar-refractivity contribution in [3.8, 4) is 0 Å². The van der Waals surface area contributed by atoms with E-state index < -0.39 is 0 Å². The highest BCUT2D eigenvalue weighted by molar-refractivity contribution is 9.10. The van der Waals surface area contributed by atoms with E-state index in [1.807, 2.05) is 18.2 Å². The molecule has 3 N–H and O–H groups in total. The number of anilines is 1. The van der Waals surface area contributed by atoms with Crippen molar-refractivity contribution in [2.75, 3.05) is 5.73 Å². The summed E-state index contributed by atoms with van der Waals surface area (Å²) in [4.78, 5) is 11.9. The predicted molar refractivity (Wildman–Crippen MR) is 75.2 cm³/mol. The van der Waals surface area contributed by atoms with E-state index in [1.165, 1.54) is 5.56 Å². The van der Waals surface area contributed by atoms with Crippen LogP contribution in [-0.2, 0) is 6.42 Å². The number of aromatic amines is 1. The third kappa shape index (κ3) is 2.22. The lowest BCUT2D eigenvalue weighted by molar-refractivity contribution is 1.03. The minimum atomic E-state index is 0.640. The molecule has 18 heavy (non-hydrogen) atoms. The molecule has 4 nitrogen and oxygen atoms in total. The molecule has 0 amide bonds. The molecule has 0 fully saturated rings. The van der Waals surface area contributed by atoms with Gasteiger partial charge in [0.05, 0.1) is 17.4 Å². The van der Waals surface area contributed by atoms with E-state index in [2.05, 4.69) is 43.0 Å². The highest BCUT2D eigenvalue weighted by Gasteiger charge is 2.05. The fourth-order valence-electron chi connectivity index (χ4n) is 1.85. The van der Waals surface area contributed by atoms with Gasteiger partial charge in [0.1, 0.15) is 5.82 Å². The fourth-order valence-corrected chi connectivity index (χ4v) is 2.11. The van der Waals surface area contributed by atoms with Crippen LogP contribution in [-0.4, -0.2) is 15.0 Å². The van der Waals surface area contributed by atoms with Gasteiger partial charge in [-0.1, -0.05) is 28.1 Å². The number of hydrogen-bond donors (Lipinski definition) is 2. The number of fused-ring (bicyclic) bond motifs is 1. The summed E-state index contributed by atoms with van der Waals surface area (Å²) in [6.07, 6.45) is 2.37. The number of halogens is 1. The number of nitrogens with one attached hydrogen (secondary N) is 1. The Morgan fingerprint density at radius 2 is 2.00 bits per heavy atom. The maximum Gasteiger partial charge on any atom is 0.177 e. The van der Waals surface area contributed by atoms with Gasteiger partial charge in [-0.15, -0.1) is 0 Å². The van der Waals surface area contributed by atoms with Gasteiger partial charge < -0.3 is 10.7 Å². The molecule has 0 saturated carbocycles. The first-order valence-corrected chi connectivity index (χ1v) is 6.34. The first-order valence-electron chi connectivity index (χ1n) is 5.55. The lowest BCUT2D eigenvalue weighted by Gasteiger charge is -1.97. The van der Waals surface area contributed by atoms with E-state index in [0.717, 1.165) is 22.2 Å². The zero-order valence-electron chi connectivity index (χ0n) is 9.52. The van der Waals surface area contributed by atoms with Gasteiger partial charge in [-0.2, -0.15) is 0 Å². The van der Waals surface area contributed by atoms with E-state index in [4.69, 9.17) is 5.73 Å². The summed E-state index contributed by atoms with van der Waals surface area (Å²) in [6, 6.07) is 10.0. The smallest absolute Gasteiger partial charge is 0.177 e. The number of imidazole rings is 1. The maximum atomic E-state index is 5.69. The standard InChI is InChI=1S/C13H11BrN4/c14-9-3-1-8(2-4-9)5-12-17-11-6-10(15)7-16-13(11)18-12/h1-4,6-7H,5,15H2,(H,16,17,18). The van der Waals surface area contributed by atoms with Crippen molar-refractivity contribution in [1.82, 2.24) is 15.0 Å². The lowest BCUT2D eigenvalue weighted by atomic mass is 10.1. The number of H-pyrrole nitrogens is 1. The number of nitrogen functional groups attached to an aromatic ring is 1. The van der Waals surface area contributed by atoms with Gasteiger partial charge >= 0.3 is 0 Å². The van der Waals surface area contributed by atoms with Crippen molar-refractivity contribution in [2.24, 2.45) is 0 Å². The first-order chi connectivity index (χ1) is 8.70. The predicted octanol–water partition coefficient (Wildman–Crippen LogP) is 2.89. The minimum absolute atomic E-state index is 0.640. The summed E-state index contributed by atoms with van der Waals surface area (Å²) in [6.45, 7) is 0. The molecule has 0 unspecified atom stereocenters. The number of nitrogens with zero attached hydrogens (tertiary/aromatic N) is 2. The van der Waals surface area contributed by atoms with Crippen LogP contribution in [0, 0.1) is 0 Å². The Hall–Kier alpha value is -1.88. The van der Waals surface area contributed by atoms with Crippen molar-refractivity contribution in [3.05, 3.63) is 52.4 Å². The molecule has 3 rings (SSSR count). The van der Waals surface area contributed by atoms with Crippen LogP contribution < -0.4 is 5.73 Å². The van der Waals surface area contributed by atoms with Crippen molar-refractivity contribution >= 4 is 32.8 Å². The molecule has 0 aliphatic heterocycles. The molecule has 5 heteroatoms. The zero-order valence-corrected chi connectivity index (χ0v) is 11.1. The number of pyridine rings is 1. The molecule has 0 aliphatic rings.